The van der Waals surface area contributed by atoms with Crippen LogP contribution in [0, 0.1) is 0 Å². The van der Waals surface area contributed by atoms with Crippen LogP contribution in [0.25, 0.3) is 16.6 Å². The number of carbonyl (C=O) groups is 1. The molecule has 0 spiro atoms. The number of benzene rings is 1. The van der Waals surface area contributed by atoms with Crippen LogP contribution in [0.5, 0.6) is 0 Å². The molecular formula is C18H17BrN2O. The van der Waals surface area contributed by atoms with E-state index in [2.05, 4.69) is 28.0 Å². The van der Waals surface area contributed by atoms with Crippen LogP contribution >= 0.6 is 15.9 Å². The van der Waals surface area contributed by atoms with E-state index in [4.69, 9.17) is 0 Å². The predicted octanol–water partition coefficient (Wildman–Crippen LogP) is 4.92. The van der Waals surface area contributed by atoms with Crippen LogP contribution in [0.2, 0.25) is 0 Å². The van der Waals surface area contributed by atoms with Crippen LogP contribution in [-0.2, 0) is 6.42 Å². The summed E-state index contributed by atoms with van der Waals surface area (Å²) in [5.41, 5.74) is 4.62. The van der Waals surface area contributed by atoms with E-state index in [0.717, 1.165) is 52.4 Å². The quantitative estimate of drug-likeness (QED) is 0.608. The van der Waals surface area contributed by atoms with E-state index < -0.39 is 0 Å². The Morgan fingerprint density at radius 2 is 2.00 bits per heavy atom. The lowest BCUT2D eigenvalue weighted by Gasteiger charge is -2.05. The molecule has 0 N–H and O–H groups in total. The summed E-state index contributed by atoms with van der Waals surface area (Å²) in [5, 5.41) is 4.60. The van der Waals surface area contributed by atoms with Crippen molar-refractivity contribution in [3.05, 3.63) is 58.3 Å². The third-order valence-corrected chi connectivity index (χ3v) is 4.34. The van der Waals surface area contributed by atoms with Gasteiger partial charge < -0.3 is 0 Å². The van der Waals surface area contributed by atoms with Gasteiger partial charge in [0.2, 0.25) is 0 Å². The molecule has 0 saturated carbocycles. The van der Waals surface area contributed by atoms with Gasteiger partial charge in [-0.15, -0.1) is 0 Å². The smallest absolute Gasteiger partial charge is 0.154 e. The molecule has 0 atom stereocenters. The van der Waals surface area contributed by atoms with Crippen LogP contribution < -0.4 is 0 Å². The Hall–Kier alpha value is -1.94. The molecule has 0 bridgehead atoms. The predicted molar refractivity (Wildman–Crippen MR) is 92.3 cm³/mol. The number of pyridine rings is 1. The summed E-state index contributed by atoms with van der Waals surface area (Å²) in [4.78, 5) is 11.6. The van der Waals surface area contributed by atoms with Crippen molar-refractivity contribution in [3.8, 4) is 11.1 Å². The normalized spacial score (nSPS) is 11.0. The number of aryl methyl sites for hydroxylation is 1. The second-order valence-electron chi connectivity index (χ2n) is 5.30. The van der Waals surface area contributed by atoms with Gasteiger partial charge in [0.25, 0.3) is 0 Å². The third-order valence-electron chi connectivity index (χ3n) is 3.81. The molecule has 3 aromatic rings. The number of fused-ring (bicyclic) bond motifs is 1. The van der Waals surface area contributed by atoms with Crippen LogP contribution in [0.3, 0.4) is 0 Å². The molecule has 3 rings (SSSR count). The van der Waals surface area contributed by atoms with Gasteiger partial charge in [-0.2, -0.15) is 5.10 Å². The first-order valence-corrected chi connectivity index (χ1v) is 8.25. The van der Waals surface area contributed by atoms with Gasteiger partial charge in [-0.25, -0.2) is 4.52 Å². The first-order valence-electron chi connectivity index (χ1n) is 7.46. The van der Waals surface area contributed by atoms with E-state index in [1.807, 2.05) is 47.1 Å². The minimum absolute atomic E-state index is 0.715. The molecule has 22 heavy (non-hydrogen) atoms. The molecule has 0 aliphatic heterocycles. The molecule has 3 nitrogen and oxygen atoms in total. The Balaban J connectivity index is 2.20. The zero-order chi connectivity index (χ0) is 15.5. The molecule has 2 heterocycles. The van der Waals surface area contributed by atoms with Crippen LogP contribution in [-0.4, -0.2) is 15.9 Å². The number of aldehydes is 1. The van der Waals surface area contributed by atoms with E-state index in [0.29, 0.717) is 5.56 Å². The Morgan fingerprint density at radius 1 is 1.23 bits per heavy atom. The number of hydrogen-bond donors (Lipinski definition) is 0. The molecule has 4 heteroatoms. The fourth-order valence-electron chi connectivity index (χ4n) is 2.69. The highest BCUT2D eigenvalue weighted by molar-refractivity contribution is 9.10. The topological polar surface area (TPSA) is 34.4 Å². The summed E-state index contributed by atoms with van der Waals surface area (Å²) >= 11 is 3.45. The van der Waals surface area contributed by atoms with Gasteiger partial charge in [-0.3, -0.25) is 4.79 Å². The second kappa shape index (κ2) is 6.44. The van der Waals surface area contributed by atoms with Crippen molar-refractivity contribution in [1.82, 2.24) is 9.61 Å². The van der Waals surface area contributed by atoms with Gasteiger partial charge >= 0.3 is 0 Å². The van der Waals surface area contributed by atoms with Crippen molar-refractivity contribution in [1.29, 1.82) is 0 Å². The summed E-state index contributed by atoms with van der Waals surface area (Å²) in [5.74, 6) is 0. The highest BCUT2D eigenvalue weighted by Crippen LogP contribution is 2.29. The second-order valence-corrected chi connectivity index (χ2v) is 6.22. The molecule has 0 aliphatic rings. The summed E-state index contributed by atoms with van der Waals surface area (Å²) in [7, 11) is 0. The number of unbranched alkanes of at least 4 members (excludes halogenated alkanes) is 1. The average Bonchev–Trinajstić information content (AvgIpc) is 2.91. The highest BCUT2D eigenvalue weighted by Gasteiger charge is 2.15. The fourth-order valence-corrected chi connectivity index (χ4v) is 2.95. The maximum Gasteiger partial charge on any atom is 0.154 e. The molecule has 0 aliphatic carbocycles. The number of hydrogen-bond acceptors (Lipinski definition) is 2. The van der Waals surface area contributed by atoms with Gasteiger partial charge in [0, 0.05) is 16.2 Å². The van der Waals surface area contributed by atoms with E-state index in [1.54, 1.807) is 0 Å². The van der Waals surface area contributed by atoms with Gasteiger partial charge in [-0.1, -0.05) is 47.5 Å². The summed E-state index contributed by atoms with van der Waals surface area (Å²) in [6.07, 6.45) is 5.81. The van der Waals surface area contributed by atoms with E-state index in [1.165, 1.54) is 0 Å². The summed E-state index contributed by atoms with van der Waals surface area (Å²) < 4.78 is 2.86. The molecule has 112 valence electrons. The number of rotatable bonds is 5. The van der Waals surface area contributed by atoms with Gasteiger partial charge in [0.1, 0.15) is 0 Å². The first kappa shape index (κ1) is 15.0. The molecule has 1 aromatic carbocycles. The molecular weight excluding hydrogens is 340 g/mol. The number of aromatic nitrogens is 2. The van der Waals surface area contributed by atoms with Crippen molar-refractivity contribution in [2.24, 2.45) is 0 Å². The number of halogens is 1. The molecule has 0 unspecified atom stereocenters. The van der Waals surface area contributed by atoms with Crippen molar-refractivity contribution >= 4 is 27.7 Å². The Kier molecular flexibility index (Phi) is 4.39. The molecule has 2 aromatic heterocycles. The Morgan fingerprint density at radius 3 is 2.68 bits per heavy atom. The maximum atomic E-state index is 11.6. The molecule has 0 saturated heterocycles. The Labute approximate surface area is 138 Å². The standard InChI is InChI=1S/C18H17BrN2O/c1-2-3-6-17-16(12-22)18-15(5-4-11-21(18)20-17)13-7-9-14(19)10-8-13/h4-5,7-12H,2-3,6H2,1H3. The molecule has 0 radical (unpaired) electrons. The Bertz CT molecular complexity index is 806. The zero-order valence-electron chi connectivity index (χ0n) is 12.4. The van der Waals surface area contributed by atoms with Crippen LogP contribution in [0.1, 0.15) is 35.8 Å². The lowest BCUT2D eigenvalue weighted by atomic mass is 10.0. The fraction of sp³-hybridized carbons (Fsp3) is 0.222. The first-order chi connectivity index (χ1) is 10.7. The minimum atomic E-state index is 0.715. The lowest BCUT2D eigenvalue weighted by Crippen LogP contribution is -1.91. The molecule has 0 fully saturated rings. The van der Waals surface area contributed by atoms with E-state index in [9.17, 15) is 4.79 Å². The lowest BCUT2D eigenvalue weighted by molar-refractivity contribution is 0.112. The van der Waals surface area contributed by atoms with Crippen molar-refractivity contribution in [2.75, 3.05) is 0 Å². The minimum Gasteiger partial charge on any atom is -0.298 e. The van der Waals surface area contributed by atoms with Crippen LogP contribution in [0.4, 0.5) is 0 Å². The van der Waals surface area contributed by atoms with Gasteiger partial charge in [-0.05, 0) is 36.6 Å². The third kappa shape index (κ3) is 2.71. The zero-order valence-corrected chi connectivity index (χ0v) is 14.0. The van der Waals surface area contributed by atoms with Gasteiger partial charge in [0.15, 0.2) is 6.29 Å². The maximum absolute atomic E-state index is 11.6. The monoisotopic (exact) mass is 356 g/mol. The van der Waals surface area contributed by atoms with E-state index >= 15 is 0 Å². The summed E-state index contributed by atoms with van der Waals surface area (Å²) in [6.45, 7) is 2.14. The van der Waals surface area contributed by atoms with Crippen molar-refractivity contribution < 1.29 is 4.79 Å². The largest absolute Gasteiger partial charge is 0.298 e. The van der Waals surface area contributed by atoms with Gasteiger partial charge in [0.05, 0.1) is 16.8 Å². The highest BCUT2D eigenvalue weighted by atomic mass is 79.9. The summed E-state index contributed by atoms with van der Waals surface area (Å²) in [6, 6.07) is 12.1. The molecule has 0 amide bonds. The van der Waals surface area contributed by atoms with Crippen molar-refractivity contribution in [2.45, 2.75) is 26.2 Å². The van der Waals surface area contributed by atoms with Crippen molar-refractivity contribution in [3.63, 3.8) is 0 Å². The number of carbonyl (C=O) groups excluding carboxylic acids is 1. The SMILES string of the molecule is CCCCc1nn2cccc(-c3ccc(Br)cc3)c2c1C=O. The van der Waals surface area contributed by atoms with E-state index in [-0.39, 0.29) is 0 Å². The van der Waals surface area contributed by atoms with Crippen LogP contribution in [0.15, 0.2) is 47.1 Å². The number of nitrogens with zero attached hydrogens (tertiary/aromatic N) is 2. The average molecular weight is 357 g/mol.